The number of benzene rings is 2. The van der Waals surface area contributed by atoms with Crippen LogP contribution in [-0.4, -0.2) is 18.9 Å². The molecule has 1 N–H and O–H groups in total. The van der Waals surface area contributed by atoms with Crippen LogP contribution in [0.5, 0.6) is 11.5 Å². The number of hydrogen-bond donors (Lipinski definition) is 1. The van der Waals surface area contributed by atoms with Crippen molar-refractivity contribution in [3.8, 4) is 11.5 Å². The van der Waals surface area contributed by atoms with E-state index in [2.05, 4.69) is 10.1 Å². The van der Waals surface area contributed by atoms with Crippen molar-refractivity contribution in [3.63, 3.8) is 0 Å². The highest BCUT2D eigenvalue weighted by Gasteiger charge is 2.30. The Hall–Kier alpha value is -2.70. The molecule has 0 spiro atoms. The van der Waals surface area contributed by atoms with Gasteiger partial charge in [-0.05, 0) is 61.4 Å². The van der Waals surface area contributed by atoms with Crippen molar-refractivity contribution < 1.29 is 27.4 Å². The maximum Gasteiger partial charge on any atom is 0.573 e. The van der Waals surface area contributed by atoms with Gasteiger partial charge >= 0.3 is 6.36 Å². The Balaban J connectivity index is 1.88. The third kappa shape index (κ3) is 5.83. The molecule has 0 aromatic heterocycles. The van der Waals surface area contributed by atoms with Gasteiger partial charge in [0.05, 0.1) is 0 Å². The molecule has 0 aliphatic rings. The van der Waals surface area contributed by atoms with Crippen LogP contribution in [0.2, 0.25) is 0 Å². The summed E-state index contributed by atoms with van der Waals surface area (Å²) in [7, 11) is 0. The SMILES string of the molecule is Cc1cc(C)cc(OCC(=O)Nc2ccc(OC(F)(F)F)cc2)c1. The van der Waals surface area contributed by atoms with E-state index in [1.54, 1.807) is 0 Å². The molecule has 0 heterocycles. The van der Waals surface area contributed by atoms with Crippen LogP contribution in [0, 0.1) is 13.8 Å². The Morgan fingerprint density at radius 2 is 1.58 bits per heavy atom. The molecule has 24 heavy (non-hydrogen) atoms. The van der Waals surface area contributed by atoms with Crippen molar-refractivity contribution in [1.82, 2.24) is 0 Å². The number of carbonyl (C=O) groups is 1. The second-order valence-corrected chi connectivity index (χ2v) is 5.23. The molecule has 0 unspecified atom stereocenters. The van der Waals surface area contributed by atoms with E-state index < -0.39 is 12.3 Å². The molecule has 0 saturated heterocycles. The largest absolute Gasteiger partial charge is 0.573 e. The van der Waals surface area contributed by atoms with Crippen molar-refractivity contribution in [2.75, 3.05) is 11.9 Å². The van der Waals surface area contributed by atoms with E-state index in [0.717, 1.165) is 23.3 Å². The molecule has 0 aliphatic heterocycles. The van der Waals surface area contributed by atoms with Crippen LogP contribution in [-0.2, 0) is 4.79 Å². The van der Waals surface area contributed by atoms with Gasteiger partial charge in [-0.3, -0.25) is 4.79 Å². The maximum absolute atomic E-state index is 12.1. The van der Waals surface area contributed by atoms with Crippen molar-refractivity contribution in [2.45, 2.75) is 20.2 Å². The van der Waals surface area contributed by atoms with Gasteiger partial charge in [-0.15, -0.1) is 13.2 Å². The van der Waals surface area contributed by atoms with Crippen molar-refractivity contribution >= 4 is 11.6 Å². The van der Waals surface area contributed by atoms with E-state index >= 15 is 0 Å². The van der Waals surface area contributed by atoms with Gasteiger partial charge in [0.1, 0.15) is 11.5 Å². The summed E-state index contributed by atoms with van der Waals surface area (Å²) in [6.07, 6.45) is -4.75. The highest BCUT2D eigenvalue weighted by Crippen LogP contribution is 2.24. The predicted molar refractivity (Wildman–Crippen MR) is 83.2 cm³/mol. The number of alkyl halides is 3. The number of carbonyl (C=O) groups excluding carboxylic acids is 1. The number of rotatable bonds is 5. The fraction of sp³-hybridized carbons (Fsp3) is 0.235. The summed E-state index contributed by atoms with van der Waals surface area (Å²) in [6.45, 7) is 3.64. The Bertz CT molecular complexity index is 692. The van der Waals surface area contributed by atoms with Gasteiger partial charge in [-0.1, -0.05) is 6.07 Å². The number of ether oxygens (including phenoxy) is 2. The van der Waals surface area contributed by atoms with Gasteiger partial charge in [0.15, 0.2) is 6.61 Å². The second-order valence-electron chi connectivity index (χ2n) is 5.23. The first-order valence-corrected chi connectivity index (χ1v) is 7.08. The second kappa shape index (κ2) is 7.25. The maximum atomic E-state index is 12.1. The van der Waals surface area contributed by atoms with Crippen LogP contribution in [0.3, 0.4) is 0 Å². The molecule has 1 amide bonds. The number of hydrogen-bond acceptors (Lipinski definition) is 3. The van der Waals surface area contributed by atoms with Crippen LogP contribution in [0.15, 0.2) is 42.5 Å². The highest BCUT2D eigenvalue weighted by atomic mass is 19.4. The van der Waals surface area contributed by atoms with Crippen LogP contribution < -0.4 is 14.8 Å². The van der Waals surface area contributed by atoms with Crippen LogP contribution >= 0.6 is 0 Å². The van der Waals surface area contributed by atoms with Gasteiger partial charge in [-0.2, -0.15) is 0 Å². The van der Waals surface area contributed by atoms with Crippen molar-refractivity contribution in [3.05, 3.63) is 53.6 Å². The smallest absolute Gasteiger partial charge is 0.484 e. The molecule has 2 aromatic carbocycles. The summed E-state index contributed by atoms with van der Waals surface area (Å²) in [6, 6.07) is 10.5. The highest BCUT2D eigenvalue weighted by molar-refractivity contribution is 5.91. The topological polar surface area (TPSA) is 47.6 Å². The standard InChI is InChI=1S/C17H16F3NO3/c1-11-7-12(2)9-15(8-11)23-10-16(22)21-13-3-5-14(6-4-13)24-17(18,19)20/h3-9H,10H2,1-2H3,(H,21,22). The Morgan fingerprint density at radius 1 is 1.00 bits per heavy atom. The molecular weight excluding hydrogens is 323 g/mol. The lowest BCUT2D eigenvalue weighted by Crippen LogP contribution is -2.20. The Labute approximate surface area is 137 Å². The van der Waals surface area contributed by atoms with Gasteiger partial charge in [0.25, 0.3) is 5.91 Å². The molecule has 2 aromatic rings. The van der Waals surface area contributed by atoms with Crippen molar-refractivity contribution in [2.24, 2.45) is 0 Å². The molecule has 2 rings (SSSR count). The van der Waals surface area contributed by atoms with Gasteiger partial charge in [0.2, 0.25) is 0 Å². The summed E-state index contributed by atoms with van der Waals surface area (Å²) in [5.41, 5.74) is 2.38. The van der Waals surface area contributed by atoms with Crippen LogP contribution in [0.4, 0.5) is 18.9 Å². The molecule has 0 aliphatic carbocycles. The summed E-state index contributed by atoms with van der Waals surface area (Å²) in [5, 5.41) is 2.53. The van der Waals surface area contributed by atoms with E-state index in [-0.39, 0.29) is 12.4 Å². The Kier molecular flexibility index (Phi) is 5.33. The number of amides is 1. The normalized spacial score (nSPS) is 11.0. The fourth-order valence-electron chi connectivity index (χ4n) is 2.10. The van der Waals surface area contributed by atoms with E-state index in [4.69, 9.17) is 4.74 Å². The lowest BCUT2D eigenvalue weighted by Gasteiger charge is -2.11. The average Bonchev–Trinajstić information content (AvgIpc) is 2.45. The molecule has 7 heteroatoms. The van der Waals surface area contributed by atoms with Gasteiger partial charge in [-0.25, -0.2) is 0 Å². The summed E-state index contributed by atoms with van der Waals surface area (Å²) < 4.78 is 45.3. The molecule has 0 fully saturated rings. The monoisotopic (exact) mass is 339 g/mol. The minimum Gasteiger partial charge on any atom is -0.484 e. The molecule has 0 saturated carbocycles. The van der Waals surface area contributed by atoms with Crippen molar-refractivity contribution in [1.29, 1.82) is 0 Å². The summed E-state index contributed by atoms with van der Waals surface area (Å²) >= 11 is 0. The molecule has 4 nitrogen and oxygen atoms in total. The lowest BCUT2D eigenvalue weighted by molar-refractivity contribution is -0.274. The zero-order valence-corrected chi connectivity index (χ0v) is 13.1. The van der Waals surface area contributed by atoms with E-state index in [1.165, 1.54) is 12.1 Å². The fourth-order valence-corrected chi connectivity index (χ4v) is 2.10. The van der Waals surface area contributed by atoms with E-state index in [9.17, 15) is 18.0 Å². The van der Waals surface area contributed by atoms with E-state index in [0.29, 0.717) is 11.4 Å². The molecular formula is C17H16F3NO3. The molecule has 0 atom stereocenters. The third-order valence-electron chi connectivity index (χ3n) is 2.94. The first kappa shape index (κ1) is 17.7. The van der Waals surface area contributed by atoms with Gasteiger partial charge in [0, 0.05) is 5.69 Å². The first-order valence-electron chi connectivity index (χ1n) is 7.08. The average molecular weight is 339 g/mol. The first-order chi connectivity index (χ1) is 11.2. The minimum absolute atomic E-state index is 0.205. The predicted octanol–water partition coefficient (Wildman–Crippen LogP) is 4.22. The zero-order chi connectivity index (χ0) is 17.7. The molecule has 0 bridgehead atoms. The number of aryl methyl sites for hydroxylation is 2. The summed E-state index contributed by atoms with van der Waals surface area (Å²) in [4.78, 5) is 11.8. The minimum atomic E-state index is -4.75. The quantitative estimate of drug-likeness (QED) is 0.887. The molecule has 0 radical (unpaired) electrons. The van der Waals surface area contributed by atoms with E-state index in [1.807, 2.05) is 32.0 Å². The third-order valence-corrected chi connectivity index (χ3v) is 2.94. The number of nitrogens with one attached hydrogen (secondary N) is 1. The number of halogens is 3. The lowest BCUT2D eigenvalue weighted by atomic mass is 10.1. The Morgan fingerprint density at radius 3 is 2.12 bits per heavy atom. The van der Waals surface area contributed by atoms with Crippen LogP contribution in [0.1, 0.15) is 11.1 Å². The number of anilines is 1. The zero-order valence-electron chi connectivity index (χ0n) is 13.1. The summed E-state index contributed by atoms with van der Waals surface area (Å²) in [5.74, 6) is -0.192. The van der Waals surface area contributed by atoms with Gasteiger partial charge < -0.3 is 14.8 Å². The molecule has 128 valence electrons. The van der Waals surface area contributed by atoms with Crippen LogP contribution in [0.25, 0.3) is 0 Å².